The molecule has 2 aromatic heterocycles. The third-order valence-electron chi connectivity index (χ3n) is 5.41. The number of thioether (sulfide) groups is 1. The monoisotopic (exact) mass is 433 g/mol. The third-order valence-corrected chi connectivity index (χ3v) is 7.46. The van der Waals surface area contributed by atoms with E-state index < -0.39 is 5.97 Å². The van der Waals surface area contributed by atoms with Crippen LogP contribution in [0.2, 0.25) is 0 Å². The van der Waals surface area contributed by atoms with Crippen LogP contribution in [0.15, 0.2) is 9.95 Å². The summed E-state index contributed by atoms with van der Waals surface area (Å²) in [6.07, 6.45) is 5.27. The van der Waals surface area contributed by atoms with E-state index in [1.807, 2.05) is 0 Å². The number of H-pyrrole nitrogens is 1. The van der Waals surface area contributed by atoms with E-state index in [0.717, 1.165) is 60.2 Å². The Bertz CT molecular complexity index is 1030. The van der Waals surface area contributed by atoms with Gasteiger partial charge >= 0.3 is 5.97 Å². The average molecular weight is 434 g/mol. The highest BCUT2D eigenvalue weighted by Crippen LogP contribution is 2.40. The van der Waals surface area contributed by atoms with Crippen molar-refractivity contribution in [1.29, 1.82) is 0 Å². The number of rotatable bonds is 5. The highest BCUT2D eigenvalue weighted by atomic mass is 32.2. The zero-order valence-electron chi connectivity index (χ0n) is 16.4. The van der Waals surface area contributed by atoms with E-state index >= 15 is 0 Å². The summed E-state index contributed by atoms with van der Waals surface area (Å²) in [6.45, 7) is 2.19. The minimum Gasteiger partial charge on any atom is -0.465 e. The zero-order valence-corrected chi connectivity index (χ0v) is 18.1. The van der Waals surface area contributed by atoms with Gasteiger partial charge in [0.05, 0.1) is 24.1 Å². The number of hydrogen-bond donors (Lipinski definition) is 2. The Morgan fingerprint density at radius 1 is 1.31 bits per heavy atom. The highest BCUT2D eigenvalue weighted by molar-refractivity contribution is 7.99. The number of thiophene rings is 1. The number of nitrogens with one attached hydrogen (secondary N) is 2. The van der Waals surface area contributed by atoms with E-state index in [1.165, 1.54) is 30.2 Å². The molecule has 4 rings (SSSR count). The van der Waals surface area contributed by atoms with Crippen LogP contribution in [0.4, 0.5) is 5.00 Å². The first kappa shape index (κ1) is 20.2. The molecule has 0 spiro atoms. The lowest BCUT2D eigenvalue weighted by Gasteiger charge is -2.18. The maximum Gasteiger partial charge on any atom is 0.341 e. The highest BCUT2D eigenvalue weighted by Gasteiger charge is 2.29. The van der Waals surface area contributed by atoms with Crippen molar-refractivity contribution in [3.63, 3.8) is 0 Å². The summed E-state index contributed by atoms with van der Waals surface area (Å²) in [5.41, 5.74) is 2.99. The fourth-order valence-corrected chi connectivity index (χ4v) is 6.04. The molecule has 0 saturated carbocycles. The molecule has 1 amide bonds. The van der Waals surface area contributed by atoms with Crippen molar-refractivity contribution < 1.29 is 14.3 Å². The Kier molecular flexibility index (Phi) is 5.78. The van der Waals surface area contributed by atoms with Crippen LogP contribution >= 0.6 is 23.1 Å². The van der Waals surface area contributed by atoms with Crippen molar-refractivity contribution in [2.75, 3.05) is 18.2 Å². The van der Waals surface area contributed by atoms with Crippen molar-refractivity contribution in [1.82, 2.24) is 9.97 Å². The SMILES string of the molecule is COC(=O)c1c(NC(=O)CSc2nc3c(c(=O)[nH]2)CCC3)sc2c1CCC(C)C2. The number of esters is 1. The first-order chi connectivity index (χ1) is 14.0. The maximum atomic E-state index is 12.5. The van der Waals surface area contributed by atoms with Gasteiger partial charge in [0.15, 0.2) is 5.16 Å². The molecule has 2 aliphatic carbocycles. The van der Waals surface area contributed by atoms with Gasteiger partial charge in [-0.15, -0.1) is 11.3 Å². The third kappa shape index (κ3) is 4.11. The molecule has 9 heteroatoms. The smallest absolute Gasteiger partial charge is 0.341 e. The molecule has 0 fully saturated rings. The number of amides is 1. The summed E-state index contributed by atoms with van der Waals surface area (Å²) in [6, 6.07) is 0. The summed E-state index contributed by atoms with van der Waals surface area (Å²) < 4.78 is 4.96. The summed E-state index contributed by atoms with van der Waals surface area (Å²) in [5.74, 6) is 0.00874. The van der Waals surface area contributed by atoms with Gasteiger partial charge in [-0.2, -0.15) is 0 Å². The predicted molar refractivity (Wildman–Crippen MR) is 113 cm³/mol. The van der Waals surface area contributed by atoms with Gasteiger partial charge in [-0.1, -0.05) is 18.7 Å². The number of anilines is 1. The Labute approximate surface area is 176 Å². The van der Waals surface area contributed by atoms with Crippen LogP contribution in [0, 0.1) is 5.92 Å². The van der Waals surface area contributed by atoms with E-state index in [1.54, 1.807) is 0 Å². The average Bonchev–Trinajstić information content (AvgIpc) is 3.30. The van der Waals surface area contributed by atoms with Gasteiger partial charge in [0.2, 0.25) is 5.91 Å². The lowest BCUT2D eigenvalue weighted by Crippen LogP contribution is -2.18. The van der Waals surface area contributed by atoms with E-state index in [2.05, 4.69) is 22.2 Å². The van der Waals surface area contributed by atoms with Crippen LogP contribution in [0.5, 0.6) is 0 Å². The fourth-order valence-electron chi connectivity index (χ4n) is 3.94. The molecule has 0 aliphatic heterocycles. The molecule has 2 heterocycles. The number of aromatic amines is 1. The van der Waals surface area contributed by atoms with Gasteiger partial charge in [0.25, 0.3) is 5.56 Å². The molecule has 0 radical (unpaired) electrons. The van der Waals surface area contributed by atoms with Gasteiger partial charge in [0.1, 0.15) is 5.00 Å². The van der Waals surface area contributed by atoms with Gasteiger partial charge in [-0.05, 0) is 50.0 Å². The molecule has 0 saturated heterocycles. The van der Waals surface area contributed by atoms with E-state index in [9.17, 15) is 14.4 Å². The largest absolute Gasteiger partial charge is 0.465 e. The normalized spacial score (nSPS) is 17.5. The molecule has 0 aromatic carbocycles. The number of carbonyl (C=O) groups is 2. The molecule has 2 aromatic rings. The van der Waals surface area contributed by atoms with Crippen molar-refractivity contribution in [3.05, 3.63) is 37.6 Å². The van der Waals surface area contributed by atoms with Gasteiger partial charge < -0.3 is 15.0 Å². The number of aryl methyl sites for hydroxylation is 1. The summed E-state index contributed by atoms with van der Waals surface area (Å²) in [4.78, 5) is 45.4. The topological polar surface area (TPSA) is 101 Å². The second-order valence-electron chi connectivity index (χ2n) is 7.53. The molecule has 154 valence electrons. The van der Waals surface area contributed by atoms with Crippen molar-refractivity contribution in [3.8, 4) is 0 Å². The van der Waals surface area contributed by atoms with Crippen molar-refractivity contribution >= 4 is 40.0 Å². The Hall–Kier alpha value is -2.13. The second kappa shape index (κ2) is 8.31. The summed E-state index contributed by atoms with van der Waals surface area (Å²) in [7, 11) is 1.36. The minimum absolute atomic E-state index is 0.0985. The van der Waals surface area contributed by atoms with E-state index in [-0.39, 0.29) is 17.2 Å². The second-order valence-corrected chi connectivity index (χ2v) is 9.60. The Morgan fingerprint density at radius 2 is 2.14 bits per heavy atom. The lowest BCUT2D eigenvalue weighted by atomic mass is 9.88. The molecule has 1 atom stereocenters. The van der Waals surface area contributed by atoms with Gasteiger partial charge in [-0.3, -0.25) is 9.59 Å². The number of fused-ring (bicyclic) bond motifs is 2. The molecule has 0 bridgehead atoms. The van der Waals surface area contributed by atoms with Crippen LogP contribution in [0.25, 0.3) is 0 Å². The summed E-state index contributed by atoms with van der Waals surface area (Å²) in [5, 5.41) is 3.88. The first-order valence-corrected chi connectivity index (χ1v) is 11.5. The van der Waals surface area contributed by atoms with Crippen molar-refractivity contribution in [2.45, 2.75) is 50.6 Å². The minimum atomic E-state index is -0.412. The molecular formula is C20H23N3O4S2. The number of nitrogens with zero attached hydrogens (tertiary/aromatic N) is 1. The predicted octanol–water partition coefficient (Wildman–Crippen LogP) is 2.96. The molecule has 2 N–H and O–H groups in total. The Balaban J connectivity index is 1.48. The Morgan fingerprint density at radius 3 is 2.93 bits per heavy atom. The maximum absolute atomic E-state index is 12.5. The quantitative estimate of drug-likeness (QED) is 0.427. The summed E-state index contributed by atoms with van der Waals surface area (Å²) >= 11 is 2.66. The van der Waals surface area contributed by atoms with Gasteiger partial charge in [-0.25, -0.2) is 9.78 Å². The van der Waals surface area contributed by atoms with E-state index in [0.29, 0.717) is 21.6 Å². The molecule has 1 unspecified atom stereocenters. The van der Waals surface area contributed by atoms with E-state index in [4.69, 9.17) is 4.74 Å². The number of methoxy groups -OCH3 is 1. The lowest BCUT2D eigenvalue weighted by molar-refractivity contribution is -0.113. The number of carbonyl (C=O) groups excluding carboxylic acids is 2. The van der Waals surface area contributed by atoms with Crippen LogP contribution < -0.4 is 10.9 Å². The van der Waals surface area contributed by atoms with Crippen LogP contribution in [-0.2, 0) is 35.2 Å². The number of hydrogen-bond acceptors (Lipinski definition) is 7. The van der Waals surface area contributed by atoms with Gasteiger partial charge in [0, 0.05) is 10.4 Å². The van der Waals surface area contributed by atoms with Crippen LogP contribution in [0.3, 0.4) is 0 Å². The van der Waals surface area contributed by atoms with Crippen LogP contribution in [0.1, 0.15) is 51.8 Å². The molecule has 7 nitrogen and oxygen atoms in total. The van der Waals surface area contributed by atoms with Crippen LogP contribution in [-0.4, -0.2) is 34.7 Å². The number of aromatic nitrogens is 2. The number of ether oxygens (including phenoxy) is 1. The molecular weight excluding hydrogens is 410 g/mol. The molecule has 29 heavy (non-hydrogen) atoms. The molecule has 2 aliphatic rings. The van der Waals surface area contributed by atoms with Crippen molar-refractivity contribution in [2.24, 2.45) is 5.92 Å². The standard InChI is InChI=1S/C20H23N3O4S2/c1-10-6-7-12-14(8-10)29-18(16(12)19(26)27-2)22-15(24)9-28-20-21-13-5-3-4-11(13)17(25)23-20/h10H,3-9H2,1-2H3,(H,22,24)(H,21,23,25). The fraction of sp³-hybridized carbons (Fsp3) is 0.500. The first-order valence-electron chi connectivity index (χ1n) is 9.73. The zero-order chi connectivity index (χ0) is 20.5.